The predicted molar refractivity (Wildman–Crippen MR) is 43.0 cm³/mol. The Morgan fingerprint density at radius 3 is 2.30 bits per heavy atom. The summed E-state index contributed by atoms with van der Waals surface area (Å²) in [5.74, 6) is 0.105. The van der Waals surface area contributed by atoms with Crippen molar-refractivity contribution in [3.63, 3.8) is 0 Å². The van der Waals surface area contributed by atoms with Crippen molar-refractivity contribution in [3.05, 3.63) is 12.2 Å². The van der Waals surface area contributed by atoms with E-state index in [0.29, 0.717) is 6.04 Å². The lowest BCUT2D eigenvalue weighted by Gasteiger charge is -2.14. The van der Waals surface area contributed by atoms with E-state index in [4.69, 9.17) is 0 Å². The van der Waals surface area contributed by atoms with Gasteiger partial charge in [0.15, 0.2) is 5.78 Å². The smallest absolute Gasteiger partial charge is 0.152 e. The van der Waals surface area contributed by atoms with Crippen LogP contribution in [0.5, 0.6) is 0 Å². The highest BCUT2D eigenvalue weighted by Gasteiger charge is 1.97. The number of rotatable bonds is 3. The van der Waals surface area contributed by atoms with Gasteiger partial charge in [-0.15, -0.1) is 0 Å². The van der Waals surface area contributed by atoms with Crippen LogP contribution >= 0.6 is 0 Å². The van der Waals surface area contributed by atoms with Crippen molar-refractivity contribution in [2.45, 2.75) is 19.9 Å². The van der Waals surface area contributed by atoms with Gasteiger partial charge in [-0.05, 0) is 34.0 Å². The number of nitrogens with zero attached hydrogens (tertiary/aromatic N) is 1. The van der Waals surface area contributed by atoms with Crippen LogP contribution < -0.4 is 0 Å². The first kappa shape index (κ1) is 9.37. The molecule has 0 saturated carbocycles. The second-order valence-electron chi connectivity index (χ2n) is 2.67. The number of hydrogen-bond donors (Lipinski definition) is 0. The molecule has 10 heavy (non-hydrogen) atoms. The van der Waals surface area contributed by atoms with E-state index in [2.05, 4.69) is 0 Å². The van der Waals surface area contributed by atoms with Crippen molar-refractivity contribution in [1.29, 1.82) is 0 Å². The van der Waals surface area contributed by atoms with Crippen LogP contribution in [0.4, 0.5) is 0 Å². The second-order valence-corrected chi connectivity index (χ2v) is 2.67. The zero-order valence-electron chi connectivity index (χ0n) is 7.09. The van der Waals surface area contributed by atoms with Crippen LogP contribution in [0.2, 0.25) is 0 Å². The largest absolute Gasteiger partial charge is 0.303 e. The summed E-state index contributed by atoms with van der Waals surface area (Å²) in [4.78, 5) is 12.5. The van der Waals surface area contributed by atoms with Gasteiger partial charge in [0, 0.05) is 6.04 Å². The Morgan fingerprint density at radius 2 is 2.00 bits per heavy atom. The molecule has 0 amide bonds. The summed E-state index contributed by atoms with van der Waals surface area (Å²) in [6.45, 7) is 3.60. The van der Waals surface area contributed by atoms with Gasteiger partial charge in [0.05, 0.1) is 0 Å². The molecule has 0 fully saturated rings. The number of likely N-dealkylation sites (N-methyl/N-ethyl adjacent to an activating group) is 1. The van der Waals surface area contributed by atoms with E-state index in [-0.39, 0.29) is 5.78 Å². The van der Waals surface area contributed by atoms with Crippen molar-refractivity contribution in [2.24, 2.45) is 0 Å². The van der Waals surface area contributed by atoms with Crippen LogP contribution in [0.25, 0.3) is 0 Å². The summed E-state index contributed by atoms with van der Waals surface area (Å²) < 4.78 is 0. The molecule has 0 heterocycles. The Balaban J connectivity index is 3.77. The SMILES string of the molecule is CC(=O)/C=C/C(C)N(C)C. The Labute approximate surface area is 62.5 Å². The van der Waals surface area contributed by atoms with Gasteiger partial charge in [-0.2, -0.15) is 0 Å². The molecule has 0 aromatic rings. The standard InChI is InChI=1S/C8H15NO/c1-7(9(3)4)5-6-8(2)10/h5-7H,1-4H3/b6-5+. The molecule has 0 aromatic heterocycles. The van der Waals surface area contributed by atoms with E-state index in [1.165, 1.54) is 0 Å². The highest BCUT2D eigenvalue weighted by Crippen LogP contribution is 1.92. The maximum atomic E-state index is 10.5. The third-order valence-corrected chi connectivity index (χ3v) is 1.42. The lowest BCUT2D eigenvalue weighted by atomic mass is 10.2. The van der Waals surface area contributed by atoms with Gasteiger partial charge in [0.1, 0.15) is 0 Å². The molecule has 0 N–H and O–H groups in total. The molecule has 1 unspecified atom stereocenters. The van der Waals surface area contributed by atoms with E-state index in [9.17, 15) is 4.79 Å². The minimum absolute atomic E-state index is 0.105. The van der Waals surface area contributed by atoms with Crippen molar-refractivity contribution in [1.82, 2.24) is 4.90 Å². The molecule has 58 valence electrons. The van der Waals surface area contributed by atoms with Gasteiger partial charge in [-0.1, -0.05) is 6.08 Å². The van der Waals surface area contributed by atoms with Crippen LogP contribution in [-0.2, 0) is 4.79 Å². The quantitative estimate of drug-likeness (QED) is 0.548. The Kier molecular flexibility index (Phi) is 3.96. The first-order valence-corrected chi connectivity index (χ1v) is 3.39. The summed E-state index contributed by atoms with van der Waals surface area (Å²) in [6, 6.07) is 0.337. The predicted octanol–water partition coefficient (Wildman–Crippen LogP) is 1.08. The maximum Gasteiger partial charge on any atom is 0.152 e. The van der Waals surface area contributed by atoms with E-state index < -0.39 is 0 Å². The molecule has 0 rings (SSSR count). The molecule has 1 atom stereocenters. The van der Waals surface area contributed by atoms with Crippen molar-refractivity contribution in [2.75, 3.05) is 14.1 Å². The van der Waals surface area contributed by atoms with Crippen molar-refractivity contribution >= 4 is 5.78 Å². The second kappa shape index (κ2) is 4.23. The zero-order chi connectivity index (χ0) is 8.15. The van der Waals surface area contributed by atoms with E-state index >= 15 is 0 Å². The van der Waals surface area contributed by atoms with Crippen LogP contribution in [0.1, 0.15) is 13.8 Å². The third-order valence-electron chi connectivity index (χ3n) is 1.42. The molecule has 2 nitrogen and oxygen atoms in total. The number of allylic oxidation sites excluding steroid dienone is 1. The van der Waals surface area contributed by atoms with Crippen molar-refractivity contribution < 1.29 is 4.79 Å². The molecule has 0 saturated heterocycles. The lowest BCUT2D eigenvalue weighted by Crippen LogP contribution is -2.22. The fourth-order valence-electron chi connectivity index (χ4n) is 0.447. The van der Waals surface area contributed by atoms with Gasteiger partial charge in [-0.25, -0.2) is 0 Å². The molecular formula is C8H15NO. The molecular weight excluding hydrogens is 126 g/mol. The lowest BCUT2D eigenvalue weighted by molar-refractivity contribution is -0.112. The Bertz CT molecular complexity index is 138. The first-order valence-electron chi connectivity index (χ1n) is 3.39. The monoisotopic (exact) mass is 141 g/mol. The van der Waals surface area contributed by atoms with Gasteiger partial charge in [-0.3, -0.25) is 4.79 Å². The average Bonchev–Trinajstić information content (AvgIpc) is 1.82. The van der Waals surface area contributed by atoms with Crippen LogP contribution in [0.3, 0.4) is 0 Å². The number of hydrogen-bond acceptors (Lipinski definition) is 2. The Morgan fingerprint density at radius 1 is 1.50 bits per heavy atom. The molecule has 0 aliphatic carbocycles. The van der Waals surface area contributed by atoms with Gasteiger partial charge < -0.3 is 4.90 Å². The molecule has 2 heteroatoms. The molecule has 0 aliphatic rings. The van der Waals surface area contributed by atoms with Gasteiger partial charge >= 0.3 is 0 Å². The molecule has 0 aromatic carbocycles. The van der Waals surface area contributed by atoms with Crippen molar-refractivity contribution in [3.8, 4) is 0 Å². The Hall–Kier alpha value is -0.630. The zero-order valence-corrected chi connectivity index (χ0v) is 7.09. The van der Waals surface area contributed by atoms with E-state index in [1.807, 2.05) is 32.0 Å². The van der Waals surface area contributed by atoms with Gasteiger partial charge in [0.2, 0.25) is 0 Å². The third kappa shape index (κ3) is 4.27. The summed E-state index contributed by atoms with van der Waals surface area (Å²) in [5, 5.41) is 0. The molecule has 0 aliphatic heterocycles. The highest BCUT2D eigenvalue weighted by molar-refractivity contribution is 5.87. The highest BCUT2D eigenvalue weighted by atomic mass is 16.1. The summed E-state index contributed by atoms with van der Waals surface area (Å²) in [6.07, 6.45) is 3.49. The fourth-order valence-corrected chi connectivity index (χ4v) is 0.447. The summed E-state index contributed by atoms with van der Waals surface area (Å²) in [7, 11) is 3.96. The molecule has 0 radical (unpaired) electrons. The topological polar surface area (TPSA) is 20.3 Å². The number of carbonyl (C=O) groups is 1. The first-order chi connectivity index (χ1) is 4.54. The minimum Gasteiger partial charge on any atom is -0.303 e. The molecule has 0 spiro atoms. The van der Waals surface area contributed by atoms with E-state index in [0.717, 1.165) is 0 Å². The fraction of sp³-hybridized carbons (Fsp3) is 0.625. The normalized spacial score (nSPS) is 14.5. The summed E-state index contributed by atoms with van der Waals surface area (Å²) >= 11 is 0. The van der Waals surface area contributed by atoms with E-state index in [1.54, 1.807) is 13.0 Å². The van der Waals surface area contributed by atoms with Crippen LogP contribution in [-0.4, -0.2) is 30.8 Å². The molecule has 0 bridgehead atoms. The van der Waals surface area contributed by atoms with Gasteiger partial charge in [0.25, 0.3) is 0 Å². The number of carbonyl (C=O) groups excluding carboxylic acids is 1. The minimum atomic E-state index is 0.105. The average molecular weight is 141 g/mol. The summed E-state index contributed by atoms with van der Waals surface area (Å²) in [5.41, 5.74) is 0. The van der Waals surface area contributed by atoms with Crippen LogP contribution in [0.15, 0.2) is 12.2 Å². The maximum absolute atomic E-state index is 10.5. The number of ketones is 1. The van der Waals surface area contributed by atoms with Crippen LogP contribution in [0, 0.1) is 0 Å².